The number of urea groups is 1. The van der Waals surface area contributed by atoms with Gasteiger partial charge in [-0.3, -0.25) is 0 Å². The molecule has 1 aliphatic heterocycles. The zero-order valence-corrected chi connectivity index (χ0v) is 11.7. The van der Waals surface area contributed by atoms with E-state index in [4.69, 9.17) is 0 Å². The Balaban J connectivity index is 1.46. The molecule has 4 nitrogen and oxygen atoms in total. The third-order valence-corrected chi connectivity index (χ3v) is 5.25. The lowest BCUT2D eigenvalue weighted by atomic mass is 9.85. The minimum atomic E-state index is 0.0480. The molecule has 0 bridgehead atoms. The molecule has 1 heterocycles. The summed E-state index contributed by atoms with van der Waals surface area (Å²) in [5, 5.41) is 12.5. The summed E-state index contributed by atoms with van der Waals surface area (Å²) in [6.45, 7) is 0.905. The zero-order chi connectivity index (χ0) is 13.2. The Hall–Kier alpha value is -0.770. The third-order valence-electron chi connectivity index (χ3n) is 5.25. The number of nitrogens with one attached hydrogen (secondary N) is 1. The summed E-state index contributed by atoms with van der Waals surface area (Å²) in [6.07, 6.45) is 10.0. The molecular weight excluding hydrogens is 240 g/mol. The van der Waals surface area contributed by atoms with Gasteiger partial charge in [0.25, 0.3) is 0 Å². The van der Waals surface area contributed by atoms with Crippen LogP contribution in [-0.2, 0) is 0 Å². The van der Waals surface area contributed by atoms with Gasteiger partial charge in [0, 0.05) is 12.6 Å². The molecule has 0 aromatic carbocycles. The molecule has 3 fully saturated rings. The highest BCUT2D eigenvalue weighted by molar-refractivity contribution is 5.75. The van der Waals surface area contributed by atoms with Crippen LogP contribution in [0.1, 0.15) is 51.4 Å². The number of aliphatic hydroxyl groups is 1. The number of carbonyl (C=O) groups is 1. The quantitative estimate of drug-likeness (QED) is 0.822. The summed E-state index contributed by atoms with van der Waals surface area (Å²) in [5.41, 5.74) is 0. The van der Waals surface area contributed by atoms with Crippen LogP contribution in [0.4, 0.5) is 4.79 Å². The SMILES string of the molecule is O=C(NC1CC1C1CCCCC1)N1CCC[C@H]1CO. The van der Waals surface area contributed by atoms with E-state index in [9.17, 15) is 9.90 Å². The Morgan fingerprint density at radius 3 is 2.68 bits per heavy atom. The highest BCUT2D eigenvalue weighted by Crippen LogP contribution is 2.44. The second-order valence-electron chi connectivity index (χ2n) is 6.53. The first kappa shape index (κ1) is 13.2. The molecule has 4 heteroatoms. The first-order valence-corrected chi connectivity index (χ1v) is 7.97. The van der Waals surface area contributed by atoms with E-state index < -0.39 is 0 Å². The van der Waals surface area contributed by atoms with Crippen molar-refractivity contribution in [2.24, 2.45) is 11.8 Å². The van der Waals surface area contributed by atoms with Gasteiger partial charge >= 0.3 is 6.03 Å². The normalized spacial score (nSPS) is 35.4. The second kappa shape index (κ2) is 5.70. The van der Waals surface area contributed by atoms with Crippen LogP contribution < -0.4 is 5.32 Å². The number of rotatable bonds is 3. The maximum Gasteiger partial charge on any atom is 0.317 e. The molecule has 108 valence electrons. The van der Waals surface area contributed by atoms with Crippen LogP contribution in [0.5, 0.6) is 0 Å². The van der Waals surface area contributed by atoms with Crippen molar-refractivity contribution in [1.82, 2.24) is 10.2 Å². The van der Waals surface area contributed by atoms with Crippen LogP contribution in [-0.4, -0.2) is 41.3 Å². The van der Waals surface area contributed by atoms with E-state index in [1.807, 2.05) is 4.90 Å². The Labute approximate surface area is 115 Å². The summed E-state index contributed by atoms with van der Waals surface area (Å²) < 4.78 is 0. The monoisotopic (exact) mass is 266 g/mol. The molecule has 2 aliphatic carbocycles. The van der Waals surface area contributed by atoms with Gasteiger partial charge in [-0.25, -0.2) is 4.79 Å². The molecule has 0 aromatic heterocycles. The van der Waals surface area contributed by atoms with Gasteiger partial charge in [-0.1, -0.05) is 32.1 Å². The largest absolute Gasteiger partial charge is 0.394 e. The summed E-state index contributed by atoms with van der Waals surface area (Å²) in [7, 11) is 0. The second-order valence-corrected chi connectivity index (χ2v) is 6.53. The van der Waals surface area contributed by atoms with Gasteiger partial charge in [0.2, 0.25) is 0 Å². The predicted octanol–water partition coefficient (Wildman–Crippen LogP) is 2.12. The topological polar surface area (TPSA) is 52.6 Å². The smallest absolute Gasteiger partial charge is 0.317 e. The van der Waals surface area contributed by atoms with E-state index in [0.29, 0.717) is 6.04 Å². The first-order valence-electron chi connectivity index (χ1n) is 7.97. The summed E-state index contributed by atoms with van der Waals surface area (Å²) in [4.78, 5) is 14.0. The Bertz CT molecular complexity index is 328. The number of aliphatic hydroxyl groups excluding tert-OH is 1. The molecule has 3 aliphatic rings. The molecule has 2 N–H and O–H groups in total. The van der Waals surface area contributed by atoms with Crippen molar-refractivity contribution in [3.63, 3.8) is 0 Å². The molecule has 3 atom stereocenters. The van der Waals surface area contributed by atoms with Gasteiger partial charge in [-0.15, -0.1) is 0 Å². The van der Waals surface area contributed by atoms with E-state index >= 15 is 0 Å². The number of nitrogens with zero attached hydrogens (tertiary/aromatic N) is 1. The van der Waals surface area contributed by atoms with Crippen molar-refractivity contribution in [3.05, 3.63) is 0 Å². The van der Waals surface area contributed by atoms with Crippen molar-refractivity contribution in [1.29, 1.82) is 0 Å². The van der Waals surface area contributed by atoms with Gasteiger partial charge < -0.3 is 15.3 Å². The van der Waals surface area contributed by atoms with Crippen LogP contribution in [0, 0.1) is 11.8 Å². The number of carbonyl (C=O) groups excluding carboxylic acids is 1. The number of amides is 2. The number of likely N-dealkylation sites (tertiary alicyclic amines) is 1. The zero-order valence-electron chi connectivity index (χ0n) is 11.7. The molecule has 0 radical (unpaired) electrons. The summed E-state index contributed by atoms with van der Waals surface area (Å²) >= 11 is 0. The highest BCUT2D eigenvalue weighted by Gasteiger charge is 2.44. The Kier molecular flexibility index (Phi) is 3.96. The molecule has 3 rings (SSSR count). The molecule has 19 heavy (non-hydrogen) atoms. The average Bonchev–Trinajstić information content (AvgIpc) is 3.04. The van der Waals surface area contributed by atoms with Crippen molar-refractivity contribution in [2.45, 2.75) is 63.5 Å². The predicted molar refractivity (Wildman–Crippen MR) is 73.8 cm³/mol. The third kappa shape index (κ3) is 2.88. The fourth-order valence-corrected chi connectivity index (χ4v) is 4.00. The van der Waals surface area contributed by atoms with Crippen molar-refractivity contribution in [3.8, 4) is 0 Å². The van der Waals surface area contributed by atoms with Crippen molar-refractivity contribution >= 4 is 6.03 Å². The lowest BCUT2D eigenvalue weighted by Crippen LogP contribution is -2.45. The molecule has 0 spiro atoms. The maximum absolute atomic E-state index is 12.2. The minimum absolute atomic E-state index is 0.0480. The van der Waals surface area contributed by atoms with Gasteiger partial charge in [0.1, 0.15) is 0 Å². The Morgan fingerprint density at radius 2 is 1.95 bits per heavy atom. The van der Waals surface area contributed by atoms with Crippen LogP contribution >= 0.6 is 0 Å². The van der Waals surface area contributed by atoms with E-state index in [-0.39, 0.29) is 18.7 Å². The van der Waals surface area contributed by atoms with Crippen LogP contribution in [0.25, 0.3) is 0 Å². The molecule has 2 amide bonds. The molecule has 2 saturated carbocycles. The van der Waals surface area contributed by atoms with Gasteiger partial charge in [0.15, 0.2) is 0 Å². The minimum Gasteiger partial charge on any atom is -0.394 e. The van der Waals surface area contributed by atoms with Crippen molar-refractivity contribution < 1.29 is 9.90 Å². The van der Waals surface area contributed by atoms with Crippen LogP contribution in [0.2, 0.25) is 0 Å². The number of hydrogen-bond acceptors (Lipinski definition) is 2. The van der Waals surface area contributed by atoms with Gasteiger partial charge in [-0.05, 0) is 31.1 Å². The average molecular weight is 266 g/mol. The fourth-order valence-electron chi connectivity index (χ4n) is 4.00. The molecule has 0 aromatic rings. The van der Waals surface area contributed by atoms with Gasteiger partial charge in [-0.2, -0.15) is 0 Å². The molecule has 2 unspecified atom stereocenters. The summed E-state index contributed by atoms with van der Waals surface area (Å²) in [6, 6.07) is 0.516. The summed E-state index contributed by atoms with van der Waals surface area (Å²) in [5.74, 6) is 1.59. The fraction of sp³-hybridized carbons (Fsp3) is 0.933. The van der Waals surface area contributed by atoms with Crippen LogP contribution in [0.15, 0.2) is 0 Å². The molecule has 1 saturated heterocycles. The first-order chi connectivity index (χ1) is 9.29. The standard InChI is InChI=1S/C15H26N2O2/c18-10-12-7-4-8-17(12)15(19)16-14-9-13(14)11-5-2-1-3-6-11/h11-14,18H,1-10H2,(H,16,19)/t12-,13?,14?/m0/s1. The van der Waals surface area contributed by atoms with E-state index in [2.05, 4.69) is 5.32 Å². The lowest BCUT2D eigenvalue weighted by Gasteiger charge is -2.25. The van der Waals surface area contributed by atoms with E-state index in [0.717, 1.165) is 31.2 Å². The van der Waals surface area contributed by atoms with E-state index in [1.165, 1.54) is 38.5 Å². The highest BCUT2D eigenvalue weighted by atomic mass is 16.3. The maximum atomic E-state index is 12.2. The van der Waals surface area contributed by atoms with Crippen molar-refractivity contribution in [2.75, 3.05) is 13.2 Å². The Morgan fingerprint density at radius 1 is 1.16 bits per heavy atom. The lowest BCUT2D eigenvalue weighted by molar-refractivity contribution is 0.156. The van der Waals surface area contributed by atoms with Gasteiger partial charge in [0.05, 0.1) is 12.6 Å². The van der Waals surface area contributed by atoms with Crippen LogP contribution in [0.3, 0.4) is 0 Å². The van der Waals surface area contributed by atoms with E-state index in [1.54, 1.807) is 0 Å². The number of hydrogen-bond donors (Lipinski definition) is 2. The molecular formula is C15H26N2O2.